The molecule has 0 unspecified atom stereocenters. The first-order valence-electron chi connectivity index (χ1n) is 8.11. The van der Waals surface area contributed by atoms with E-state index in [9.17, 15) is 31.1 Å². The molecule has 0 aliphatic carbocycles. The maximum absolute atomic E-state index is 13.0. The number of para-hydroxylation sites is 1. The molecule has 0 spiro atoms. The Kier molecular flexibility index (Phi) is 5.47. The van der Waals surface area contributed by atoms with Gasteiger partial charge in [0.15, 0.2) is 6.61 Å². The average Bonchev–Trinajstić information content (AvgIpc) is 2.65. The van der Waals surface area contributed by atoms with Crippen LogP contribution in [0, 0.1) is 0 Å². The molecule has 0 aliphatic rings. The van der Waals surface area contributed by atoms with Gasteiger partial charge < -0.3 is 0 Å². The van der Waals surface area contributed by atoms with Crippen LogP contribution in [0.3, 0.4) is 0 Å². The number of halogens is 6. The molecule has 0 saturated carbocycles. The lowest BCUT2D eigenvalue weighted by atomic mass is 10.0. The van der Waals surface area contributed by atoms with Crippen LogP contribution in [-0.2, 0) is 11.0 Å². The Labute approximate surface area is 160 Å². The topological polar surface area (TPSA) is 51.2 Å². The molecule has 0 fully saturated rings. The van der Waals surface area contributed by atoms with E-state index in [2.05, 4.69) is 9.82 Å². The van der Waals surface area contributed by atoms with Crippen molar-refractivity contribution in [2.75, 3.05) is 6.61 Å². The first-order chi connectivity index (χ1) is 13.5. The van der Waals surface area contributed by atoms with E-state index in [0.29, 0.717) is 5.39 Å². The highest BCUT2D eigenvalue weighted by Crippen LogP contribution is 2.32. The van der Waals surface area contributed by atoms with E-state index in [1.165, 1.54) is 30.3 Å². The molecule has 152 valence electrons. The molecule has 0 saturated heterocycles. The highest BCUT2D eigenvalue weighted by Gasteiger charge is 2.31. The number of hydrogen-bond donors (Lipinski definition) is 1. The average molecular weight is 414 g/mol. The van der Waals surface area contributed by atoms with Gasteiger partial charge in [-0.1, -0.05) is 30.3 Å². The number of hydrogen-bond acceptors (Lipinski definition) is 3. The first-order valence-corrected chi connectivity index (χ1v) is 8.11. The molecule has 0 radical (unpaired) electrons. The van der Waals surface area contributed by atoms with Crippen molar-refractivity contribution in [3.05, 3.63) is 65.7 Å². The van der Waals surface area contributed by atoms with E-state index in [0.717, 1.165) is 12.1 Å². The lowest BCUT2D eigenvalue weighted by molar-refractivity contribution is -0.184. The predicted octanol–water partition coefficient (Wildman–Crippen LogP) is 5.14. The van der Waals surface area contributed by atoms with Crippen LogP contribution >= 0.6 is 0 Å². The molecule has 0 bridgehead atoms. The fourth-order valence-electron chi connectivity index (χ4n) is 2.60. The molecule has 1 N–H and O–H groups in total. The molecule has 10 heteroatoms. The van der Waals surface area contributed by atoms with Gasteiger partial charge in [0.05, 0.1) is 22.3 Å². The summed E-state index contributed by atoms with van der Waals surface area (Å²) >= 11 is 0. The van der Waals surface area contributed by atoms with E-state index >= 15 is 0 Å². The SMILES string of the molecule is O=C(NOCC(F)(F)F)c1cc(-c2cccc(C(F)(F)F)c2)nc2ccccc12. The highest BCUT2D eigenvalue weighted by molar-refractivity contribution is 6.06. The quantitative estimate of drug-likeness (QED) is 0.475. The minimum atomic E-state index is -4.64. The van der Waals surface area contributed by atoms with E-state index in [1.807, 2.05) is 0 Å². The molecule has 1 amide bonds. The standard InChI is InChI=1S/C19H12F6N2O2/c20-18(21,22)10-29-27-17(28)14-9-16(26-15-7-2-1-6-13(14)15)11-4-3-5-12(8-11)19(23,24)25/h1-9H,10H2,(H,27,28). The van der Waals surface area contributed by atoms with Gasteiger partial charge in [-0.15, -0.1) is 0 Å². The summed E-state index contributed by atoms with van der Waals surface area (Å²) in [7, 11) is 0. The number of nitrogens with one attached hydrogen (secondary N) is 1. The summed E-state index contributed by atoms with van der Waals surface area (Å²) in [4.78, 5) is 20.8. The number of aromatic nitrogens is 1. The van der Waals surface area contributed by atoms with Gasteiger partial charge in [-0.3, -0.25) is 9.63 Å². The number of pyridine rings is 1. The molecule has 0 atom stereocenters. The fraction of sp³-hybridized carbons (Fsp3) is 0.158. The third-order valence-electron chi connectivity index (χ3n) is 3.85. The number of amides is 1. The Morgan fingerprint density at radius 1 is 0.966 bits per heavy atom. The number of rotatable bonds is 4. The zero-order chi connectivity index (χ0) is 21.2. The van der Waals surface area contributed by atoms with Gasteiger partial charge in [0.25, 0.3) is 5.91 Å². The van der Waals surface area contributed by atoms with Crippen molar-refractivity contribution < 1.29 is 36.0 Å². The van der Waals surface area contributed by atoms with Crippen LogP contribution in [0.1, 0.15) is 15.9 Å². The second-order valence-electron chi connectivity index (χ2n) is 5.99. The summed E-state index contributed by atoms with van der Waals surface area (Å²) in [5, 5.41) is 0.302. The van der Waals surface area contributed by atoms with E-state index in [4.69, 9.17) is 0 Å². The van der Waals surface area contributed by atoms with Gasteiger partial charge in [-0.05, 0) is 24.3 Å². The molecular weight excluding hydrogens is 402 g/mol. The zero-order valence-corrected chi connectivity index (χ0v) is 14.4. The minimum absolute atomic E-state index is 0.0516. The van der Waals surface area contributed by atoms with E-state index in [1.54, 1.807) is 17.6 Å². The van der Waals surface area contributed by atoms with Gasteiger partial charge in [0, 0.05) is 10.9 Å². The zero-order valence-electron chi connectivity index (χ0n) is 14.4. The van der Waals surface area contributed by atoms with Gasteiger partial charge in [-0.2, -0.15) is 26.3 Å². The molecule has 4 nitrogen and oxygen atoms in total. The summed E-state index contributed by atoms with van der Waals surface area (Å²) < 4.78 is 75.6. The van der Waals surface area contributed by atoms with Crippen molar-refractivity contribution >= 4 is 16.8 Å². The Morgan fingerprint density at radius 2 is 1.69 bits per heavy atom. The van der Waals surface area contributed by atoms with Gasteiger partial charge in [-0.25, -0.2) is 10.5 Å². The van der Waals surface area contributed by atoms with Gasteiger partial charge in [0.2, 0.25) is 0 Å². The summed E-state index contributed by atoms with van der Waals surface area (Å²) in [5.41, 5.74) is 1.13. The lowest BCUT2D eigenvalue weighted by Crippen LogP contribution is -2.29. The van der Waals surface area contributed by atoms with Crippen molar-refractivity contribution in [3.8, 4) is 11.3 Å². The third kappa shape index (κ3) is 5.02. The first kappa shape index (κ1) is 20.6. The number of nitrogens with zero attached hydrogens (tertiary/aromatic N) is 1. The van der Waals surface area contributed by atoms with Crippen molar-refractivity contribution in [1.82, 2.24) is 10.5 Å². The maximum atomic E-state index is 13.0. The van der Waals surface area contributed by atoms with Crippen molar-refractivity contribution in [1.29, 1.82) is 0 Å². The van der Waals surface area contributed by atoms with Crippen LogP contribution in [0.4, 0.5) is 26.3 Å². The van der Waals surface area contributed by atoms with Crippen LogP contribution in [-0.4, -0.2) is 23.7 Å². The maximum Gasteiger partial charge on any atom is 0.416 e. The molecule has 29 heavy (non-hydrogen) atoms. The predicted molar refractivity (Wildman–Crippen MR) is 91.7 cm³/mol. The Morgan fingerprint density at radius 3 is 2.38 bits per heavy atom. The van der Waals surface area contributed by atoms with Crippen LogP contribution in [0.5, 0.6) is 0 Å². The van der Waals surface area contributed by atoms with Gasteiger partial charge in [0.1, 0.15) is 0 Å². The largest absolute Gasteiger partial charge is 0.416 e. The molecule has 1 heterocycles. The molecule has 3 rings (SSSR count). The Hall–Kier alpha value is -3.14. The minimum Gasteiger partial charge on any atom is -0.267 e. The van der Waals surface area contributed by atoms with Crippen LogP contribution in [0.25, 0.3) is 22.2 Å². The molecule has 2 aromatic carbocycles. The van der Waals surface area contributed by atoms with Crippen molar-refractivity contribution in [2.24, 2.45) is 0 Å². The smallest absolute Gasteiger partial charge is 0.267 e. The van der Waals surface area contributed by atoms with Crippen LogP contribution in [0.15, 0.2) is 54.6 Å². The summed E-state index contributed by atoms with van der Waals surface area (Å²) in [6.45, 7) is -1.69. The normalized spacial score (nSPS) is 12.2. The lowest BCUT2D eigenvalue weighted by Gasteiger charge is -2.12. The van der Waals surface area contributed by atoms with Crippen LogP contribution in [0.2, 0.25) is 0 Å². The third-order valence-corrected chi connectivity index (χ3v) is 3.85. The molecular formula is C19H12F6N2O2. The van der Waals surface area contributed by atoms with Crippen molar-refractivity contribution in [2.45, 2.75) is 12.4 Å². The van der Waals surface area contributed by atoms with E-state index < -0.39 is 30.4 Å². The summed E-state index contributed by atoms with van der Waals surface area (Å²) in [6.07, 6.45) is -9.21. The number of carbonyl (C=O) groups excluding carboxylic acids is 1. The Balaban J connectivity index is 2.02. The van der Waals surface area contributed by atoms with Crippen molar-refractivity contribution in [3.63, 3.8) is 0 Å². The van der Waals surface area contributed by atoms with Crippen LogP contribution < -0.4 is 5.48 Å². The number of hydroxylamine groups is 1. The number of fused-ring (bicyclic) bond motifs is 1. The second kappa shape index (κ2) is 7.70. The number of alkyl halides is 6. The van der Waals surface area contributed by atoms with Gasteiger partial charge >= 0.3 is 12.4 Å². The molecule has 3 aromatic rings. The summed E-state index contributed by atoms with van der Waals surface area (Å²) in [6, 6.07) is 11.8. The molecule has 1 aromatic heterocycles. The number of benzene rings is 2. The molecule has 0 aliphatic heterocycles. The van der Waals surface area contributed by atoms with E-state index in [-0.39, 0.29) is 22.3 Å². The monoisotopic (exact) mass is 414 g/mol. The fourth-order valence-corrected chi connectivity index (χ4v) is 2.60. The Bertz CT molecular complexity index is 1050. The summed E-state index contributed by atoms with van der Waals surface area (Å²) in [5.74, 6) is -0.985. The second-order valence-corrected chi connectivity index (χ2v) is 5.99. The highest BCUT2D eigenvalue weighted by atomic mass is 19.4. The number of carbonyl (C=O) groups is 1.